The van der Waals surface area contributed by atoms with Gasteiger partial charge in [0.25, 0.3) is 0 Å². The Morgan fingerprint density at radius 3 is 2.55 bits per heavy atom. The normalized spacial score (nSPS) is 10.6. The fourth-order valence-corrected chi connectivity index (χ4v) is 2.13. The minimum Gasteiger partial charge on any atom is -0.485 e. The second-order valence-electron chi connectivity index (χ2n) is 4.63. The molecule has 0 aliphatic rings. The first-order valence-corrected chi connectivity index (χ1v) is 6.48. The van der Waals surface area contributed by atoms with Gasteiger partial charge in [0.2, 0.25) is 0 Å². The highest BCUT2D eigenvalue weighted by molar-refractivity contribution is 5.95. The van der Waals surface area contributed by atoms with Gasteiger partial charge in [-0.15, -0.1) is 0 Å². The van der Waals surface area contributed by atoms with Gasteiger partial charge in [-0.1, -0.05) is 0 Å². The van der Waals surface area contributed by atoms with Gasteiger partial charge < -0.3 is 10.5 Å². The van der Waals surface area contributed by atoms with Crippen LogP contribution < -0.4 is 10.5 Å². The molecule has 6 heteroatoms. The smallest absolute Gasteiger partial charge is 0.164 e. The maximum Gasteiger partial charge on any atom is 0.164 e. The van der Waals surface area contributed by atoms with E-state index in [0.29, 0.717) is 12.2 Å². The van der Waals surface area contributed by atoms with Crippen LogP contribution in [0.3, 0.4) is 0 Å². The molecule has 1 heterocycles. The minimum absolute atomic E-state index is 0.0634. The molecular weight excluding hydrogens is 254 g/mol. The summed E-state index contributed by atoms with van der Waals surface area (Å²) in [4.78, 5) is 4.18. The Kier molecular flexibility index (Phi) is 4.02. The summed E-state index contributed by atoms with van der Waals surface area (Å²) >= 11 is 0. The number of amidine groups is 1. The third-order valence-corrected chi connectivity index (χ3v) is 3.11. The molecule has 0 radical (unpaired) electrons. The summed E-state index contributed by atoms with van der Waals surface area (Å²) in [7, 11) is 0. The van der Waals surface area contributed by atoms with Gasteiger partial charge in [0.05, 0.1) is 0 Å². The SMILES string of the molecule is CCn1ncnc1COc1c(C)cc(C(=N)N)cc1C. The van der Waals surface area contributed by atoms with E-state index in [2.05, 4.69) is 10.1 Å². The molecule has 0 fully saturated rings. The van der Waals surface area contributed by atoms with E-state index in [9.17, 15) is 0 Å². The van der Waals surface area contributed by atoms with E-state index < -0.39 is 0 Å². The van der Waals surface area contributed by atoms with Crippen molar-refractivity contribution in [3.05, 3.63) is 41.0 Å². The topological polar surface area (TPSA) is 89.8 Å². The number of nitrogen functional groups attached to an aromatic ring is 1. The van der Waals surface area contributed by atoms with Gasteiger partial charge in [-0.25, -0.2) is 9.67 Å². The molecule has 2 rings (SSSR count). The summed E-state index contributed by atoms with van der Waals surface area (Å²) in [5.41, 5.74) is 8.14. The Hall–Kier alpha value is -2.37. The van der Waals surface area contributed by atoms with Crippen molar-refractivity contribution in [3.8, 4) is 5.75 Å². The zero-order valence-corrected chi connectivity index (χ0v) is 12.0. The third kappa shape index (κ3) is 2.79. The lowest BCUT2D eigenvalue weighted by Crippen LogP contribution is -2.12. The largest absolute Gasteiger partial charge is 0.485 e. The van der Waals surface area contributed by atoms with Crippen LogP contribution in [0.2, 0.25) is 0 Å². The molecule has 2 aromatic rings. The first-order chi connectivity index (χ1) is 9.52. The molecule has 0 saturated carbocycles. The van der Waals surface area contributed by atoms with E-state index in [4.69, 9.17) is 15.9 Å². The molecule has 0 amide bonds. The summed E-state index contributed by atoms with van der Waals surface area (Å²) in [6, 6.07) is 3.71. The third-order valence-electron chi connectivity index (χ3n) is 3.11. The van der Waals surface area contributed by atoms with Crippen LogP contribution in [0, 0.1) is 19.3 Å². The van der Waals surface area contributed by atoms with Gasteiger partial charge in [-0.2, -0.15) is 5.10 Å². The van der Waals surface area contributed by atoms with Gasteiger partial charge in [0, 0.05) is 12.1 Å². The Morgan fingerprint density at radius 1 is 1.35 bits per heavy atom. The molecule has 0 atom stereocenters. The first kappa shape index (κ1) is 14.0. The minimum atomic E-state index is 0.0634. The van der Waals surface area contributed by atoms with Crippen LogP contribution in [0.4, 0.5) is 0 Å². The van der Waals surface area contributed by atoms with Crippen molar-refractivity contribution in [1.29, 1.82) is 5.41 Å². The molecule has 0 unspecified atom stereocenters. The van der Waals surface area contributed by atoms with E-state index in [0.717, 1.165) is 29.2 Å². The van der Waals surface area contributed by atoms with E-state index in [-0.39, 0.29) is 5.84 Å². The van der Waals surface area contributed by atoms with Gasteiger partial charge in [0.15, 0.2) is 5.82 Å². The van der Waals surface area contributed by atoms with Crippen LogP contribution in [-0.2, 0) is 13.2 Å². The van der Waals surface area contributed by atoms with Crippen molar-refractivity contribution in [2.45, 2.75) is 33.9 Å². The number of hydrogen-bond acceptors (Lipinski definition) is 4. The standard InChI is InChI=1S/C14H19N5O/c1-4-19-12(17-8-18-19)7-20-13-9(2)5-11(14(15)16)6-10(13)3/h5-6,8H,4,7H2,1-3H3,(H3,15,16). The lowest BCUT2D eigenvalue weighted by Gasteiger charge is -2.13. The highest BCUT2D eigenvalue weighted by Gasteiger charge is 2.10. The Balaban J connectivity index is 2.20. The average Bonchev–Trinajstić information content (AvgIpc) is 2.84. The van der Waals surface area contributed by atoms with Gasteiger partial charge >= 0.3 is 0 Å². The average molecular weight is 273 g/mol. The predicted octanol–water partition coefficient (Wildman–Crippen LogP) is 1.78. The van der Waals surface area contributed by atoms with Crippen molar-refractivity contribution in [2.75, 3.05) is 0 Å². The molecule has 0 spiro atoms. The monoisotopic (exact) mass is 273 g/mol. The molecule has 20 heavy (non-hydrogen) atoms. The van der Waals surface area contributed by atoms with Crippen molar-refractivity contribution >= 4 is 5.84 Å². The maximum absolute atomic E-state index is 7.48. The molecule has 0 saturated heterocycles. The van der Waals surface area contributed by atoms with E-state index in [1.54, 1.807) is 4.68 Å². The van der Waals surface area contributed by atoms with E-state index >= 15 is 0 Å². The van der Waals surface area contributed by atoms with Crippen LogP contribution in [0.15, 0.2) is 18.5 Å². The van der Waals surface area contributed by atoms with Crippen molar-refractivity contribution in [2.24, 2.45) is 5.73 Å². The molecule has 1 aromatic heterocycles. The van der Waals surface area contributed by atoms with Crippen LogP contribution in [0.1, 0.15) is 29.4 Å². The Bertz CT molecular complexity index is 609. The number of nitrogens with zero attached hydrogens (tertiary/aromatic N) is 3. The number of aryl methyl sites for hydroxylation is 3. The lowest BCUT2D eigenvalue weighted by molar-refractivity contribution is 0.283. The number of hydrogen-bond donors (Lipinski definition) is 2. The summed E-state index contributed by atoms with van der Waals surface area (Å²) in [6.07, 6.45) is 1.53. The van der Waals surface area contributed by atoms with Gasteiger partial charge in [0.1, 0.15) is 24.5 Å². The quantitative estimate of drug-likeness (QED) is 0.642. The molecule has 3 N–H and O–H groups in total. The zero-order valence-electron chi connectivity index (χ0n) is 12.0. The van der Waals surface area contributed by atoms with Gasteiger partial charge in [-0.3, -0.25) is 5.41 Å². The summed E-state index contributed by atoms with van der Waals surface area (Å²) in [5.74, 6) is 1.66. The molecule has 0 aliphatic heterocycles. The number of rotatable bonds is 5. The molecule has 1 aromatic carbocycles. The summed E-state index contributed by atoms with van der Waals surface area (Å²) in [6.45, 7) is 7.03. The Morgan fingerprint density at radius 2 is 2.00 bits per heavy atom. The molecular formula is C14H19N5O. The Labute approximate surface area is 118 Å². The number of nitrogens with two attached hydrogens (primary N) is 1. The van der Waals surface area contributed by atoms with Crippen molar-refractivity contribution in [1.82, 2.24) is 14.8 Å². The highest BCUT2D eigenvalue weighted by Crippen LogP contribution is 2.25. The summed E-state index contributed by atoms with van der Waals surface area (Å²) < 4.78 is 7.65. The van der Waals surface area contributed by atoms with Crippen LogP contribution in [0.25, 0.3) is 0 Å². The number of aromatic nitrogens is 3. The molecule has 6 nitrogen and oxygen atoms in total. The van der Waals surface area contributed by atoms with Gasteiger partial charge in [-0.05, 0) is 44.0 Å². The predicted molar refractivity (Wildman–Crippen MR) is 77.0 cm³/mol. The first-order valence-electron chi connectivity index (χ1n) is 6.48. The number of ether oxygens (including phenoxy) is 1. The number of nitrogens with one attached hydrogen (secondary N) is 1. The zero-order chi connectivity index (χ0) is 14.7. The van der Waals surface area contributed by atoms with E-state index in [1.165, 1.54) is 6.33 Å². The second-order valence-corrected chi connectivity index (χ2v) is 4.63. The maximum atomic E-state index is 7.48. The van der Waals surface area contributed by atoms with Crippen LogP contribution in [-0.4, -0.2) is 20.6 Å². The van der Waals surface area contributed by atoms with Crippen molar-refractivity contribution < 1.29 is 4.74 Å². The molecule has 106 valence electrons. The fraction of sp³-hybridized carbons (Fsp3) is 0.357. The summed E-state index contributed by atoms with van der Waals surface area (Å²) in [5, 5.41) is 11.6. The van der Waals surface area contributed by atoms with Crippen LogP contribution in [0.5, 0.6) is 5.75 Å². The lowest BCUT2D eigenvalue weighted by atomic mass is 10.1. The second kappa shape index (κ2) is 5.73. The number of benzene rings is 1. The van der Waals surface area contributed by atoms with Crippen molar-refractivity contribution in [3.63, 3.8) is 0 Å². The highest BCUT2D eigenvalue weighted by atomic mass is 16.5. The van der Waals surface area contributed by atoms with E-state index in [1.807, 2.05) is 32.9 Å². The fourth-order valence-electron chi connectivity index (χ4n) is 2.13. The molecule has 0 aliphatic carbocycles. The van der Waals surface area contributed by atoms with Crippen LogP contribution >= 0.6 is 0 Å². The molecule has 0 bridgehead atoms.